The van der Waals surface area contributed by atoms with E-state index in [9.17, 15) is 9.59 Å². The molecule has 1 saturated heterocycles. The van der Waals surface area contributed by atoms with Crippen LogP contribution in [0.4, 0.5) is 5.69 Å². The third-order valence-corrected chi connectivity index (χ3v) is 5.88. The second-order valence-corrected chi connectivity index (χ2v) is 8.69. The van der Waals surface area contributed by atoms with Crippen LogP contribution in [0.25, 0.3) is 11.8 Å². The van der Waals surface area contributed by atoms with Crippen LogP contribution in [0, 0.1) is 34.6 Å². The Morgan fingerprint density at radius 3 is 2.16 bits per heavy atom. The summed E-state index contributed by atoms with van der Waals surface area (Å²) < 4.78 is 2.14. The molecular formula is C26H25N3O2S. The molecule has 2 heterocycles. The molecule has 2 aromatic carbocycles. The molecule has 1 aliphatic rings. The highest BCUT2D eigenvalue weighted by Crippen LogP contribution is 2.27. The third kappa shape index (κ3) is 3.89. The molecular weight excluding hydrogens is 418 g/mol. The van der Waals surface area contributed by atoms with Crippen molar-refractivity contribution in [2.45, 2.75) is 34.6 Å². The average molecular weight is 444 g/mol. The number of hydrogen-bond acceptors (Lipinski definition) is 3. The maximum absolute atomic E-state index is 13.3. The molecule has 1 aliphatic heterocycles. The molecule has 162 valence electrons. The van der Waals surface area contributed by atoms with E-state index in [1.807, 2.05) is 45.0 Å². The summed E-state index contributed by atoms with van der Waals surface area (Å²) in [5.41, 5.74) is 7.89. The number of hydrogen-bond donors (Lipinski definition) is 1. The quantitative estimate of drug-likeness (QED) is 0.358. The second-order valence-electron chi connectivity index (χ2n) is 8.30. The molecule has 0 atom stereocenters. The first-order valence-electron chi connectivity index (χ1n) is 10.4. The molecule has 2 amide bonds. The standard InChI is InChI=1S/C26H25N3O2S/c1-15-7-6-8-21(10-15)29-25(31)23(24(30)27-26(29)32)14-20-13-18(4)28(19(20)5)22-11-16(2)9-17(3)12-22/h6-14H,1-5H3,(H,27,30,32)/b23-14+. The van der Waals surface area contributed by atoms with E-state index in [0.717, 1.165) is 28.2 Å². The lowest BCUT2D eigenvalue weighted by Crippen LogP contribution is -2.54. The van der Waals surface area contributed by atoms with E-state index in [1.54, 1.807) is 12.1 Å². The molecule has 6 heteroatoms. The van der Waals surface area contributed by atoms with Crippen LogP contribution in [0.3, 0.4) is 0 Å². The maximum atomic E-state index is 13.3. The maximum Gasteiger partial charge on any atom is 0.270 e. The van der Waals surface area contributed by atoms with E-state index < -0.39 is 11.8 Å². The van der Waals surface area contributed by atoms with Crippen molar-refractivity contribution in [3.63, 3.8) is 0 Å². The van der Waals surface area contributed by atoms with E-state index in [4.69, 9.17) is 12.2 Å². The Morgan fingerprint density at radius 2 is 1.50 bits per heavy atom. The van der Waals surface area contributed by atoms with Crippen LogP contribution in [0.15, 0.2) is 54.1 Å². The lowest BCUT2D eigenvalue weighted by molar-refractivity contribution is -0.122. The zero-order valence-electron chi connectivity index (χ0n) is 18.8. The predicted molar refractivity (Wildman–Crippen MR) is 132 cm³/mol. The molecule has 0 spiro atoms. The zero-order valence-corrected chi connectivity index (χ0v) is 19.6. The Labute approximate surface area is 193 Å². The molecule has 0 aliphatic carbocycles. The van der Waals surface area contributed by atoms with Gasteiger partial charge in [-0.15, -0.1) is 0 Å². The van der Waals surface area contributed by atoms with Crippen molar-refractivity contribution in [1.82, 2.24) is 9.88 Å². The zero-order chi connectivity index (χ0) is 23.2. The van der Waals surface area contributed by atoms with Crippen LogP contribution in [-0.4, -0.2) is 21.5 Å². The molecule has 0 unspecified atom stereocenters. The Bertz CT molecular complexity index is 1300. The van der Waals surface area contributed by atoms with Crippen molar-refractivity contribution < 1.29 is 9.59 Å². The number of carbonyl (C=O) groups is 2. The second kappa shape index (κ2) is 8.20. The summed E-state index contributed by atoms with van der Waals surface area (Å²) in [7, 11) is 0. The van der Waals surface area contributed by atoms with Crippen molar-refractivity contribution in [1.29, 1.82) is 0 Å². The molecule has 0 bridgehead atoms. The van der Waals surface area contributed by atoms with Gasteiger partial charge in [-0.2, -0.15) is 0 Å². The van der Waals surface area contributed by atoms with Gasteiger partial charge in [0.1, 0.15) is 5.57 Å². The summed E-state index contributed by atoms with van der Waals surface area (Å²) >= 11 is 5.30. The molecule has 0 saturated carbocycles. The van der Waals surface area contributed by atoms with Crippen molar-refractivity contribution >= 4 is 40.9 Å². The van der Waals surface area contributed by atoms with Gasteiger partial charge in [0.2, 0.25) is 0 Å². The summed E-state index contributed by atoms with van der Waals surface area (Å²) in [6.07, 6.45) is 1.66. The number of amides is 2. The number of thiocarbonyl (C=S) groups is 1. The van der Waals surface area contributed by atoms with Crippen LogP contribution >= 0.6 is 12.2 Å². The minimum atomic E-state index is -0.486. The predicted octanol–water partition coefficient (Wildman–Crippen LogP) is 4.85. The van der Waals surface area contributed by atoms with Gasteiger partial charge in [0.25, 0.3) is 11.8 Å². The SMILES string of the molecule is Cc1cccc(N2C(=O)/C(=C/c3cc(C)n(-c4cc(C)cc(C)c4)c3C)C(=O)NC2=S)c1. The largest absolute Gasteiger partial charge is 0.318 e. The fraction of sp³-hybridized carbons (Fsp3) is 0.192. The topological polar surface area (TPSA) is 54.3 Å². The van der Waals surface area contributed by atoms with Crippen LogP contribution in [0.5, 0.6) is 0 Å². The molecule has 1 fully saturated rings. The fourth-order valence-electron chi connectivity index (χ4n) is 4.23. The average Bonchev–Trinajstić information content (AvgIpc) is 2.97. The van der Waals surface area contributed by atoms with Gasteiger partial charge in [-0.05, 0) is 105 Å². The Kier molecular flexibility index (Phi) is 5.57. The van der Waals surface area contributed by atoms with Gasteiger partial charge in [-0.1, -0.05) is 18.2 Å². The first-order valence-corrected chi connectivity index (χ1v) is 10.8. The van der Waals surface area contributed by atoms with Crippen molar-refractivity contribution in [2.24, 2.45) is 0 Å². The number of aromatic nitrogens is 1. The summed E-state index contributed by atoms with van der Waals surface area (Å²) in [6.45, 7) is 10.1. The van der Waals surface area contributed by atoms with Crippen LogP contribution < -0.4 is 10.2 Å². The molecule has 0 radical (unpaired) electrons. The number of nitrogens with zero attached hydrogens (tertiary/aromatic N) is 2. The van der Waals surface area contributed by atoms with Gasteiger partial charge in [-0.25, -0.2) is 0 Å². The van der Waals surface area contributed by atoms with Gasteiger partial charge in [0.05, 0.1) is 5.69 Å². The molecule has 32 heavy (non-hydrogen) atoms. The first kappa shape index (κ1) is 21.7. The Hall–Kier alpha value is -3.51. The van der Waals surface area contributed by atoms with Crippen LogP contribution in [-0.2, 0) is 9.59 Å². The van der Waals surface area contributed by atoms with Crippen LogP contribution in [0.1, 0.15) is 33.6 Å². The minimum Gasteiger partial charge on any atom is -0.318 e. The molecule has 5 nitrogen and oxygen atoms in total. The number of anilines is 1. The minimum absolute atomic E-state index is 0.0563. The van der Waals surface area contributed by atoms with Gasteiger partial charge >= 0.3 is 0 Å². The summed E-state index contributed by atoms with van der Waals surface area (Å²) in [6, 6.07) is 15.8. The summed E-state index contributed by atoms with van der Waals surface area (Å²) in [4.78, 5) is 27.4. The van der Waals surface area contributed by atoms with E-state index in [2.05, 4.69) is 41.9 Å². The number of aryl methyl sites for hydroxylation is 4. The molecule has 4 rings (SSSR count). The summed E-state index contributed by atoms with van der Waals surface area (Å²) in [5, 5.41) is 2.74. The number of nitrogens with one attached hydrogen (secondary N) is 1. The Morgan fingerprint density at radius 1 is 0.844 bits per heavy atom. The van der Waals surface area contributed by atoms with E-state index in [1.165, 1.54) is 16.0 Å². The van der Waals surface area contributed by atoms with Gasteiger partial charge in [0.15, 0.2) is 5.11 Å². The monoisotopic (exact) mass is 443 g/mol. The van der Waals surface area contributed by atoms with Gasteiger partial charge in [0, 0.05) is 17.1 Å². The highest BCUT2D eigenvalue weighted by atomic mass is 32.1. The lowest BCUT2D eigenvalue weighted by atomic mass is 10.1. The number of benzene rings is 2. The molecule has 1 N–H and O–H groups in total. The van der Waals surface area contributed by atoms with Gasteiger partial charge in [-0.3, -0.25) is 19.8 Å². The number of rotatable bonds is 3. The summed E-state index contributed by atoms with van der Waals surface area (Å²) in [5.74, 6) is -0.916. The molecule has 3 aromatic rings. The van der Waals surface area contributed by atoms with Gasteiger partial charge < -0.3 is 4.57 Å². The highest BCUT2D eigenvalue weighted by Gasteiger charge is 2.34. The Balaban J connectivity index is 1.78. The number of carbonyl (C=O) groups excluding carboxylic acids is 2. The van der Waals surface area contributed by atoms with Crippen molar-refractivity contribution in [3.8, 4) is 5.69 Å². The molecule has 1 aromatic heterocycles. The van der Waals surface area contributed by atoms with Crippen LogP contribution in [0.2, 0.25) is 0 Å². The fourth-order valence-corrected chi connectivity index (χ4v) is 4.51. The van der Waals surface area contributed by atoms with E-state index >= 15 is 0 Å². The smallest absolute Gasteiger partial charge is 0.270 e. The van der Waals surface area contributed by atoms with Crippen molar-refractivity contribution in [3.05, 3.63) is 87.7 Å². The van der Waals surface area contributed by atoms with E-state index in [-0.39, 0.29) is 10.7 Å². The normalized spacial score (nSPS) is 15.5. The third-order valence-electron chi connectivity index (χ3n) is 5.60. The highest BCUT2D eigenvalue weighted by molar-refractivity contribution is 7.80. The van der Waals surface area contributed by atoms with Crippen molar-refractivity contribution in [2.75, 3.05) is 4.90 Å². The van der Waals surface area contributed by atoms with E-state index in [0.29, 0.717) is 5.69 Å². The lowest BCUT2D eigenvalue weighted by Gasteiger charge is -2.29. The first-order chi connectivity index (χ1) is 15.2.